The van der Waals surface area contributed by atoms with Gasteiger partial charge in [-0.15, -0.1) is 41.0 Å². The summed E-state index contributed by atoms with van der Waals surface area (Å²) >= 11 is 0. The van der Waals surface area contributed by atoms with Crippen molar-refractivity contribution in [3.05, 3.63) is 174 Å². The topological polar surface area (TPSA) is 51.8 Å². The first-order valence-electron chi connectivity index (χ1n) is 18.9. The second-order valence-electron chi connectivity index (χ2n) is 14.9. The zero-order chi connectivity index (χ0) is 38.1. The first-order chi connectivity index (χ1) is 26.7. The molecule has 0 atom stereocenters. The van der Waals surface area contributed by atoms with Gasteiger partial charge in [-0.2, -0.15) is 0 Å². The number of hydrogen-bond acceptors (Lipinski definition) is 4. The summed E-state index contributed by atoms with van der Waals surface area (Å²) in [7, 11) is 0. The molecule has 0 unspecified atom stereocenters. The fourth-order valence-corrected chi connectivity index (χ4v) is 7.04. The quantitative estimate of drug-likeness (QED) is 0.156. The number of aromatic nitrogens is 3. The molecule has 1 radical (unpaired) electrons. The summed E-state index contributed by atoms with van der Waals surface area (Å²) in [6.45, 7) is 12.8. The Hall–Kier alpha value is -5.74. The molecule has 0 aliphatic rings. The van der Waals surface area contributed by atoms with E-state index in [4.69, 9.17) is 14.4 Å². The summed E-state index contributed by atoms with van der Waals surface area (Å²) in [6.07, 6.45) is 6.53. The normalized spacial score (nSPS) is 11.1. The third-order valence-corrected chi connectivity index (χ3v) is 10.4. The Kier molecular flexibility index (Phi) is 11.4. The van der Waals surface area contributed by atoms with E-state index in [0.717, 1.165) is 62.1 Å². The summed E-state index contributed by atoms with van der Waals surface area (Å²) in [5, 5.41) is 4.35. The molecule has 5 heteroatoms. The van der Waals surface area contributed by atoms with E-state index in [1.807, 2.05) is 30.6 Å². The van der Waals surface area contributed by atoms with Gasteiger partial charge in [-0.05, 0) is 82.6 Å². The Morgan fingerprint density at radius 2 is 1.41 bits per heavy atom. The standard InChI is InChI=1S/C36H27N2O.C15H16N.Ir/c1-23(2)19-29-13-15-32-33(21-27-17-18-39-36(27)35(32)38-29)34-16-12-28(22-37-34)30-10-6-9-26-20-25(11-14-31(26)30)24-7-4-3-5-8-24;1-10-5-6-14(7-11(10)2)15-8-12(3)13(4)9-16-15;/h3-18,20,22-23H,19H2,1-2H3;5,7-9H,1-4H3;/q2*-1;. The fraction of sp³-hybridized carbons (Fsp3) is 0.157. The van der Waals surface area contributed by atoms with Crippen LogP contribution < -0.4 is 0 Å². The van der Waals surface area contributed by atoms with Gasteiger partial charge in [0.2, 0.25) is 0 Å². The summed E-state index contributed by atoms with van der Waals surface area (Å²) in [5.74, 6) is 0.532. The number of hydrogen-bond donors (Lipinski definition) is 0. The zero-order valence-corrected chi connectivity index (χ0v) is 35.0. The number of pyridine rings is 3. The summed E-state index contributed by atoms with van der Waals surface area (Å²) in [4.78, 5) is 14.4. The first kappa shape index (κ1) is 38.5. The Morgan fingerprint density at radius 1 is 0.643 bits per heavy atom. The van der Waals surface area contributed by atoms with Gasteiger partial charge in [0.25, 0.3) is 0 Å². The van der Waals surface area contributed by atoms with Gasteiger partial charge in [-0.1, -0.05) is 141 Å². The second-order valence-corrected chi connectivity index (χ2v) is 14.9. The zero-order valence-electron chi connectivity index (χ0n) is 32.6. The van der Waals surface area contributed by atoms with Crippen LogP contribution in [0.4, 0.5) is 0 Å². The van der Waals surface area contributed by atoms with Crippen molar-refractivity contribution in [1.29, 1.82) is 0 Å². The average molecular weight is 906 g/mol. The molecule has 0 aliphatic carbocycles. The van der Waals surface area contributed by atoms with E-state index in [2.05, 4.69) is 156 Å². The molecule has 0 bridgehead atoms. The van der Waals surface area contributed by atoms with Crippen molar-refractivity contribution >= 4 is 32.6 Å². The Labute approximate surface area is 343 Å². The van der Waals surface area contributed by atoms with Crippen molar-refractivity contribution in [2.75, 3.05) is 0 Å². The number of fused-ring (bicyclic) bond motifs is 4. The number of aryl methyl sites for hydroxylation is 4. The van der Waals surface area contributed by atoms with Crippen LogP contribution in [0.5, 0.6) is 0 Å². The molecule has 0 fully saturated rings. The van der Waals surface area contributed by atoms with Crippen molar-refractivity contribution in [3.63, 3.8) is 0 Å². The van der Waals surface area contributed by atoms with Crippen LogP contribution in [-0.4, -0.2) is 15.0 Å². The number of benzene rings is 5. The maximum atomic E-state index is 5.82. The van der Waals surface area contributed by atoms with Crippen LogP contribution in [0.15, 0.2) is 138 Å². The van der Waals surface area contributed by atoms with Crippen molar-refractivity contribution in [3.8, 4) is 44.8 Å². The molecule has 0 aliphatic heterocycles. The predicted octanol–water partition coefficient (Wildman–Crippen LogP) is 13.3. The summed E-state index contributed by atoms with van der Waals surface area (Å²) in [5.41, 5.74) is 16.4. The number of rotatable bonds is 6. The fourth-order valence-electron chi connectivity index (χ4n) is 7.04. The van der Waals surface area contributed by atoms with E-state index in [1.165, 1.54) is 49.7 Å². The van der Waals surface area contributed by atoms with Gasteiger partial charge >= 0.3 is 0 Å². The van der Waals surface area contributed by atoms with Gasteiger partial charge < -0.3 is 9.40 Å². The van der Waals surface area contributed by atoms with Crippen LogP contribution in [0.3, 0.4) is 0 Å². The van der Waals surface area contributed by atoms with E-state index < -0.39 is 0 Å². The maximum Gasteiger partial charge on any atom is 0.0847 e. The molecule has 5 aromatic carbocycles. The molecule has 4 nitrogen and oxygen atoms in total. The first-order valence-corrected chi connectivity index (χ1v) is 18.9. The van der Waals surface area contributed by atoms with Gasteiger partial charge in [0.05, 0.1) is 5.58 Å². The van der Waals surface area contributed by atoms with Crippen LogP contribution in [0.2, 0.25) is 0 Å². The molecule has 279 valence electrons. The Balaban J connectivity index is 0.000000238. The molecule has 9 rings (SSSR count). The second kappa shape index (κ2) is 16.5. The number of nitrogens with zero attached hydrogens (tertiary/aromatic N) is 3. The minimum atomic E-state index is 0. The largest absolute Gasteiger partial charge is 0.506 e. The average Bonchev–Trinajstić information content (AvgIpc) is 3.69. The third kappa shape index (κ3) is 7.97. The summed E-state index contributed by atoms with van der Waals surface area (Å²) < 4.78 is 5.82. The molecule has 56 heavy (non-hydrogen) atoms. The van der Waals surface area contributed by atoms with Crippen LogP contribution in [-0.2, 0) is 26.5 Å². The summed E-state index contributed by atoms with van der Waals surface area (Å²) in [6, 6.07) is 47.2. The third-order valence-electron chi connectivity index (χ3n) is 10.4. The van der Waals surface area contributed by atoms with Crippen LogP contribution in [0, 0.1) is 45.7 Å². The predicted molar refractivity (Wildman–Crippen MR) is 228 cm³/mol. The molecule has 4 heterocycles. The minimum Gasteiger partial charge on any atom is -0.506 e. The van der Waals surface area contributed by atoms with Crippen molar-refractivity contribution in [2.45, 2.75) is 48.0 Å². The Morgan fingerprint density at radius 3 is 2.16 bits per heavy atom. The molecule has 0 amide bonds. The van der Waals surface area contributed by atoms with Gasteiger partial charge in [0, 0.05) is 55.7 Å². The van der Waals surface area contributed by atoms with E-state index in [9.17, 15) is 0 Å². The van der Waals surface area contributed by atoms with Crippen LogP contribution in [0.1, 0.15) is 41.8 Å². The van der Waals surface area contributed by atoms with Gasteiger partial charge in [-0.25, -0.2) is 0 Å². The van der Waals surface area contributed by atoms with E-state index in [1.54, 1.807) is 6.26 Å². The maximum absolute atomic E-state index is 5.82. The van der Waals surface area contributed by atoms with E-state index in [-0.39, 0.29) is 20.1 Å². The smallest absolute Gasteiger partial charge is 0.0847 e. The molecule has 9 aromatic rings. The van der Waals surface area contributed by atoms with Gasteiger partial charge in [0.15, 0.2) is 0 Å². The number of furan rings is 1. The minimum absolute atomic E-state index is 0. The van der Waals surface area contributed by atoms with E-state index >= 15 is 0 Å². The SMILES string of the molecule is CC(C)Cc1ccc2c(-c3ccc(-c4cccc5cc(-c6ccccc6)ccc45)cn3)[c-]c3ccoc3c2n1.Cc1c[c-]c(-c2cc(C)c(C)cn2)cc1C.[Ir]. The van der Waals surface area contributed by atoms with Crippen LogP contribution in [0.25, 0.3) is 77.4 Å². The molecule has 0 saturated carbocycles. The molecule has 0 spiro atoms. The van der Waals surface area contributed by atoms with Gasteiger partial charge in [-0.3, -0.25) is 9.97 Å². The molecule has 0 N–H and O–H groups in total. The molecule has 0 saturated heterocycles. The van der Waals surface area contributed by atoms with Gasteiger partial charge in [0.1, 0.15) is 0 Å². The monoisotopic (exact) mass is 906 g/mol. The van der Waals surface area contributed by atoms with Crippen molar-refractivity contribution in [2.24, 2.45) is 5.92 Å². The Bertz CT molecular complexity index is 2750. The van der Waals surface area contributed by atoms with Crippen molar-refractivity contribution < 1.29 is 24.5 Å². The van der Waals surface area contributed by atoms with Crippen molar-refractivity contribution in [1.82, 2.24) is 15.0 Å². The molecular weight excluding hydrogens is 863 g/mol. The van der Waals surface area contributed by atoms with Crippen LogP contribution >= 0.6 is 0 Å². The van der Waals surface area contributed by atoms with E-state index in [0.29, 0.717) is 5.92 Å². The molecule has 4 aromatic heterocycles. The molecular formula is C51H43IrN3O-2.